The molecule has 0 spiro atoms. The van der Waals surface area contributed by atoms with Crippen LogP contribution in [0.4, 0.5) is 0 Å². The van der Waals surface area contributed by atoms with Crippen LogP contribution in [-0.4, -0.2) is 47.6 Å². The zero-order chi connectivity index (χ0) is 20.8. The van der Waals surface area contributed by atoms with Crippen LogP contribution in [0.5, 0.6) is 5.75 Å². The summed E-state index contributed by atoms with van der Waals surface area (Å²) in [5.74, 6) is 0.116. The first-order valence-electron chi connectivity index (χ1n) is 9.91. The Morgan fingerprint density at radius 1 is 1.00 bits per heavy atom. The van der Waals surface area contributed by atoms with Gasteiger partial charge in [0, 0.05) is 11.1 Å². The van der Waals surface area contributed by atoms with Crippen LogP contribution in [-0.2, 0) is 11.3 Å². The van der Waals surface area contributed by atoms with E-state index in [4.69, 9.17) is 4.74 Å². The maximum Gasteiger partial charge on any atom is 0.143 e. The summed E-state index contributed by atoms with van der Waals surface area (Å²) in [5, 5.41) is 31.1. The third-order valence-corrected chi connectivity index (χ3v) is 5.63. The normalized spacial score (nSPS) is 19.6. The van der Waals surface area contributed by atoms with Crippen molar-refractivity contribution in [3.8, 4) is 11.4 Å². The van der Waals surface area contributed by atoms with Crippen LogP contribution in [0.25, 0.3) is 16.7 Å². The molecule has 0 radical (unpaired) electrons. The molecule has 0 unspecified atom stereocenters. The lowest BCUT2D eigenvalue weighted by atomic mass is 9.80. The summed E-state index contributed by atoms with van der Waals surface area (Å²) in [6.07, 6.45) is 1.51. The topological polar surface area (TPSA) is 83.6 Å². The Kier molecular flexibility index (Phi) is 4.85. The highest BCUT2D eigenvalue weighted by atomic mass is 16.5. The number of benzene rings is 2. The SMILES string of the molecule is CC1(C)CC(OCc2ccc(O)c(-n3nc4ccccc4n3)c2)CC(C)(C)N1O. The van der Waals surface area contributed by atoms with E-state index < -0.39 is 0 Å². The molecule has 2 aromatic carbocycles. The summed E-state index contributed by atoms with van der Waals surface area (Å²) in [6, 6.07) is 12.9. The van der Waals surface area contributed by atoms with Crippen molar-refractivity contribution in [2.45, 2.75) is 64.3 Å². The maximum absolute atomic E-state index is 10.5. The highest BCUT2D eigenvalue weighted by molar-refractivity contribution is 5.73. The van der Waals surface area contributed by atoms with Crippen molar-refractivity contribution in [2.75, 3.05) is 0 Å². The van der Waals surface area contributed by atoms with Crippen molar-refractivity contribution in [3.63, 3.8) is 0 Å². The smallest absolute Gasteiger partial charge is 0.143 e. The van der Waals surface area contributed by atoms with Crippen LogP contribution in [0.1, 0.15) is 46.1 Å². The van der Waals surface area contributed by atoms with Gasteiger partial charge in [0.2, 0.25) is 0 Å². The average molecular weight is 396 g/mol. The molecular formula is C22H28N4O3. The summed E-state index contributed by atoms with van der Waals surface area (Å²) < 4.78 is 6.21. The van der Waals surface area contributed by atoms with Crippen molar-refractivity contribution in [3.05, 3.63) is 48.0 Å². The molecule has 7 heteroatoms. The highest BCUT2D eigenvalue weighted by Gasteiger charge is 2.45. The van der Waals surface area contributed by atoms with E-state index in [1.165, 1.54) is 9.86 Å². The second-order valence-electron chi connectivity index (χ2n) is 9.08. The molecule has 1 aromatic heterocycles. The standard InChI is InChI=1S/C22H28N4O3/c1-21(2)12-16(13-22(3,4)26(21)28)29-14-15-9-10-20(27)19(11-15)25-23-17-7-5-6-8-18(17)24-25/h5-11,16,27-28H,12-14H2,1-4H3. The van der Waals surface area contributed by atoms with E-state index in [1.807, 2.05) is 64.1 Å². The molecule has 1 fully saturated rings. The minimum atomic E-state index is -0.356. The van der Waals surface area contributed by atoms with Crippen LogP contribution in [0, 0.1) is 0 Å². The summed E-state index contributed by atoms with van der Waals surface area (Å²) in [5.41, 5.74) is 2.29. The first kappa shape index (κ1) is 19.8. The molecule has 0 bridgehead atoms. The van der Waals surface area contributed by atoms with Gasteiger partial charge in [-0.25, -0.2) is 0 Å². The Morgan fingerprint density at radius 2 is 1.59 bits per heavy atom. The fourth-order valence-electron chi connectivity index (χ4n) is 4.30. The molecule has 154 valence electrons. The van der Waals surface area contributed by atoms with Gasteiger partial charge in [0.15, 0.2) is 0 Å². The van der Waals surface area contributed by atoms with Crippen LogP contribution in [0.15, 0.2) is 42.5 Å². The van der Waals surface area contributed by atoms with Gasteiger partial charge in [0.25, 0.3) is 0 Å². The summed E-state index contributed by atoms with van der Waals surface area (Å²) in [6.45, 7) is 8.51. The van der Waals surface area contributed by atoms with Gasteiger partial charge in [-0.3, -0.25) is 0 Å². The zero-order valence-corrected chi connectivity index (χ0v) is 17.3. The molecule has 0 aliphatic carbocycles. The van der Waals surface area contributed by atoms with E-state index in [2.05, 4.69) is 10.2 Å². The molecule has 0 atom stereocenters. The van der Waals surface area contributed by atoms with Gasteiger partial charge in [-0.15, -0.1) is 15.0 Å². The minimum absolute atomic E-state index is 0.0334. The predicted octanol–water partition coefficient (Wildman–Crippen LogP) is 4.05. The predicted molar refractivity (Wildman–Crippen MR) is 110 cm³/mol. The molecule has 0 amide bonds. The van der Waals surface area contributed by atoms with Crippen LogP contribution >= 0.6 is 0 Å². The van der Waals surface area contributed by atoms with Gasteiger partial charge in [-0.1, -0.05) is 18.2 Å². The van der Waals surface area contributed by atoms with E-state index in [-0.39, 0.29) is 22.9 Å². The Hall–Kier alpha value is -2.48. The molecule has 4 rings (SSSR count). The molecule has 3 aromatic rings. The number of hydrogen-bond donors (Lipinski definition) is 2. The first-order valence-corrected chi connectivity index (χ1v) is 9.91. The number of hydrogen-bond acceptors (Lipinski definition) is 6. The number of rotatable bonds is 4. The highest BCUT2D eigenvalue weighted by Crippen LogP contribution is 2.38. The third kappa shape index (κ3) is 3.85. The summed E-state index contributed by atoms with van der Waals surface area (Å²) in [4.78, 5) is 1.46. The van der Waals surface area contributed by atoms with Gasteiger partial charge in [0.1, 0.15) is 22.5 Å². The molecule has 2 heterocycles. The molecule has 1 saturated heterocycles. The maximum atomic E-state index is 10.5. The lowest BCUT2D eigenvalue weighted by Gasteiger charge is -2.51. The van der Waals surface area contributed by atoms with Crippen molar-refractivity contribution < 1.29 is 15.1 Å². The van der Waals surface area contributed by atoms with Gasteiger partial charge in [0.05, 0.1) is 12.7 Å². The number of piperidine rings is 1. The fourth-order valence-corrected chi connectivity index (χ4v) is 4.30. The van der Waals surface area contributed by atoms with Crippen LogP contribution < -0.4 is 0 Å². The van der Waals surface area contributed by atoms with Gasteiger partial charge in [-0.2, -0.15) is 5.06 Å². The van der Waals surface area contributed by atoms with Crippen molar-refractivity contribution in [1.82, 2.24) is 20.1 Å². The number of phenolic OH excluding ortho intramolecular Hbond substituents is 1. The van der Waals surface area contributed by atoms with Crippen LogP contribution in [0.2, 0.25) is 0 Å². The number of aromatic nitrogens is 3. The molecule has 2 N–H and O–H groups in total. The number of ether oxygens (including phenoxy) is 1. The molecule has 1 aliphatic heterocycles. The molecular weight excluding hydrogens is 368 g/mol. The third-order valence-electron chi connectivity index (χ3n) is 5.63. The van der Waals surface area contributed by atoms with E-state index in [0.717, 1.165) is 29.4 Å². The average Bonchev–Trinajstić information content (AvgIpc) is 3.09. The van der Waals surface area contributed by atoms with Gasteiger partial charge < -0.3 is 15.1 Å². The zero-order valence-electron chi connectivity index (χ0n) is 17.3. The quantitative estimate of drug-likeness (QED) is 0.692. The Labute approximate surface area is 170 Å². The van der Waals surface area contributed by atoms with Crippen molar-refractivity contribution >= 4 is 11.0 Å². The second kappa shape index (κ2) is 7.09. The number of nitrogens with zero attached hydrogens (tertiary/aromatic N) is 4. The molecule has 7 nitrogen and oxygen atoms in total. The van der Waals surface area contributed by atoms with E-state index >= 15 is 0 Å². The van der Waals surface area contributed by atoms with Crippen molar-refractivity contribution in [1.29, 1.82) is 0 Å². The first-order chi connectivity index (χ1) is 13.7. The second-order valence-corrected chi connectivity index (χ2v) is 9.08. The lowest BCUT2D eigenvalue weighted by molar-refractivity contribution is -0.262. The summed E-state index contributed by atoms with van der Waals surface area (Å²) in [7, 11) is 0. The van der Waals surface area contributed by atoms with E-state index in [1.54, 1.807) is 6.07 Å². The fraction of sp³-hybridized carbons (Fsp3) is 0.455. The van der Waals surface area contributed by atoms with Gasteiger partial charge >= 0.3 is 0 Å². The lowest BCUT2D eigenvalue weighted by Crippen LogP contribution is -2.60. The Morgan fingerprint density at radius 3 is 2.17 bits per heavy atom. The van der Waals surface area contributed by atoms with Gasteiger partial charge in [-0.05, 0) is 70.4 Å². The number of fused-ring (bicyclic) bond motifs is 1. The molecule has 29 heavy (non-hydrogen) atoms. The number of aromatic hydroxyl groups is 1. The van der Waals surface area contributed by atoms with E-state index in [0.29, 0.717) is 12.3 Å². The van der Waals surface area contributed by atoms with Crippen molar-refractivity contribution in [2.24, 2.45) is 0 Å². The number of phenols is 1. The summed E-state index contributed by atoms with van der Waals surface area (Å²) >= 11 is 0. The molecule has 0 saturated carbocycles. The molecule has 1 aliphatic rings. The largest absolute Gasteiger partial charge is 0.506 e. The Bertz CT molecular complexity index is 977. The van der Waals surface area contributed by atoms with Crippen LogP contribution in [0.3, 0.4) is 0 Å². The monoisotopic (exact) mass is 396 g/mol. The minimum Gasteiger partial charge on any atom is -0.506 e. The number of hydroxylamine groups is 2. The Balaban J connectivity index is 1.52. The van der Waals surface area contributed by atoms with E-state index in [9.17, 15) is 10.3 Å².